The van der Waals surface area contributed by atoms with E-state index in [0.29, 0.717) is 11.7 Å². The summed E-state index contributed by atoms with van der Waals surface area (Å²) in [5.74, 6) is 0.715. The largest absolute Gasteiger partial charge is 0.376 e. The van der Waals surface area contributed by atoms with Crippen molar-refractivity contribution in [3.63, 3.8) is 0 Å². The van der Waals surface area contributed by atoms with Crippen molar-refractivity contribution in [2.24, 2.45) is 0 Å². The Labute approximate surface area is 185 Å². The van der Waals surface area contributed by atoms with Crippen molar-refractivity contribution in [2.75, 3.05) is 18.6 Å². The lowest BCUT2D eigenvalue weighted by atomic mass is 10.0. The third-order valence-electron chi connectivity index (χ3n) is 5.69. The molecule has 1 aromatic heterocycles. The fourth-order valence-electron chi connectivity index (χ4n) is 3.97. The molecule has 0 aliphatic carbocycles. The van der Waals surface area contributed by atoms with E-state index in [1.54, 1.807) is 0 Å². The van der Waals surface area contributed by atoms with Crippen LogP contribution in [0, 0.1) is 6.92 Å². The molecule has 3 atom stereocenters. The number of aryl methyl sites for hydroxylation is 1. The smallest absolute Gasteiger partial charge is 0.236 e. The van der Waals surface area contributed by atoms with Crippen molar-refractivity contribution in [3.8, 4) is 11.4 Å². The molecule has 2 aliphatic heterocycles. The molecule has 2 aromatic carbocycles. The molecule has 2 aliphatic rings. The lowest BCUT2D eigenvalue weighted by molar-refractivity contribution is -0.121. The molecular weight excluding hydrogens is 410 g/mol. The van der Waals surface area contributed by atoms with Crippen LogP contribution in [0.1, 0.15) is 30.0 Å². The summed E-state index contributed by atoms with van der Waals surface area (Å²) >= 11 is 1.44. The number of hydrogen-bond acceptors (Lipinski definition) is 6. The Balaban J connectivity index is 1.44. The zero-order valence-corrected chi connectivity index (χ0v) is 18.1. The summed E-state index contributed by atoms with van der Waals surface area (Å²) in [6.45, 7) is 3.38. The average Bonchev–Trinajstić information content (AvgIpc) is 3.47. The summed E-state index contributed by atoms with van der Waals surface area (Å²) in [6, 6.07) is 18.0. The zero-order chi connectivity index (χ0) is 21.2. The number of hydrogen-bond donors (Lipinski definition) is 2. The number of aromatic nitrogens is 3. The SMILES string of the molecule is Cc1ccc([C@@H]2Nn3c(nnc3-c3ccccc3)S[C@@H]2C(=O)NC[C@H]2CCCO2)cc1. The van der Waals surface area contributed by atoms with Crippen molar-refractivity contribution in [1.29, 1.82) is 0 Å². The predicted octanol–water partition coefficient (Wildman–Crippen LogP) is 3.31. The van der Waals surface area contributed by atoms with Gasteiger partial charge in [-0.2, -0.15) is 0 Å². The van der Waals surface area contributed by atoms with E-state index in [-0.39, 0.29) is 23.3 Å². The van der Waals surface area contributed by atoms with Crippen molar-refractivity contribution in [3.05, 3.63) is 65.7 Å². The molecule has 8 heteroatoms. The maximum Gasteiger partial charge on any atom is 0.236 e. The molecule has 1 amide bonds. The van der Waals surface area contributed by atoms with Gasteiger partial charge in [0, 0.05) is 18.7 Å². The molecule has 0 unspecified atom stereocenters. The molecule has 0 bridgehead atoms. The zero-order valence-electron chi connectivity index (χ0n) is 17.3. The highest BCUT2D eigenvalue weighted by molar-refractivity contribution is 8.00. The number of thioether (sulfide) groups is 1. The number of benzene rings is 2. The topological polar surface area (TPSA) is 81.1 Å². The first-order valence-corrected chi connectivity index (χ1v) is 11.5. The Bertz CT molecular complexity index is 1050. The number of amides is 1. The minimum atomic E-state index is -0.371. The molecule has 1 saturated heterocycles. The van der Waals surface area contributed by atoms with Gasteiger partial charge in [0.25, 0.3) is 0 Å². The molecule has 3 aromatic rings. The quantitative estimate of drug-likeness (QED) is 0.640. The van der Waals surface area contributed by atoms with Crippen LogP contribution < -0.4 is 10.7 Å². The van der Waals surface area contributed by atoms with E-state index in [4.69, 9.17) is 4.74 Å². The fraction of sp³-hybridized carbons (Fsp3) is 0.348. The van der Waals surface area contributed by atoms with Crippen LogP contribution >= 0.6 is 11.8 Å². The van der Waals surface area contributed by atoms with Gasteiger partial charge in [0.05, 0.1) is 12.1 Å². The summed E-state index contributed by atoms with van der Waals surface area (Å²) in [6.07, 6.45) is 2.15. The monoisotopic (exact) mass is 435 g/mol. The van der Waals surface area contributed by atoms with Crippen molar-refractivity contribution in [1.82, 2.24) is 20.2 Å². The minimum Gasteiger partial charge on any atom is -0.376 e. The van der Waals surface area contributed by atoms with E-state index in [0.717, 1.165) is 36.4 Å². The highest BCUT2D eigenvalue weighted by Gasteiger charge is 2.38. The number of carbonyl (C=O) groups excluding carboxylic acids is 1. The molecule has 160 valence electrons. The molecule has 0 spiro atoms. The Morgan fingerprint density at radius 2 is 2.00 bits per heavy atom. The Kier molecular flexibility index (Phi) is 5.65. The van der Waals surface area contributed by atoms with Gasteiger partial charge in [0.2, 0.25) is 11.1 Å². The van der Waals surface area contributed by atoms with Crippen LogP contribution in [-0.2, 0) is 9.53 Å². The molecule has 5 rings (SSSR count). The standard InChI is InChI=1S/C23H25N5O2S/c1-15-9-11-16(12-10-15)19-20(22(29)24-14-18-8-5-13-30-18)31-23-26-25-21(28(23)27-19)17-6-3-2-4-7-17/h2-4,6-7,9-12,18-20,27H,5,8,13-14H2,1H3,(H,24,29)/t18-,19+,20+/m1/s1. The number of rotatable bonds is 5. The maximum absolute atomic E-state index is 13.2. The Hall–Kier alpha value is -2.84. The second-order valence-corrected chi connectivity index (χ2v) is 9.05. The lowest BCUT2D eigenvalue weighted by Crippen LogP contribution is -2.45. The van der Waals surface area contributed by atoms with Crippen LogP contribution in [0.5, 0.6) is 0 Å². The van der Waals surface area contributed by atoms with Crippen LogP contribution in [0.3, 0.4) is 0 Å². The number of fused-ring (bicyclic) bond motifs is 1. The summed E-state index contributed by atoms with van der Waals surface area (Å²) in [4.78, 5) is 13.2. The van der Waals surface area contributed by atoms with E-state index in [9.17, 15) is 4.79 Å². The number of nitrogens with zero attached hydrogens (tertiary/aromatic N) is 3. The molecular formula is C23H25N5O2S. The van der Waals surface area contributed by atoms with Gasteiger partial charge in [-0.3, -0.25) is 4.79 Å². The van der Waals surface area contributed by atoms with Gasteiger partial charge >= 0.3 is 0 Å². The Morgan fingerprint density at radius 1 is 1.19 bits per heavy atom. The van der Waals surface area contributed by atoms with Gasteiger partial charge in [-0.05, 0) is 25.3 Å². The second-order valence-electron chi connectivity index (χ2n) is 7.94. The van der Waals surface area contributed by atoms with E-state index in [1.807, 2.05) is 35.0 Å². The van der Waals surface area contributed by atoms with Crippen molar-refractivity contribution >= 4 is 17.7 Å². The van der Waals surface area contributed by atoms with Gasteiger partial charge < -0.3 is 15.5 Å². The molecule has 0 saturated carbocycles. The van der Waals surface area contributed by atoms with E-state index in [2.05, 4.69) is 52.1 Å². The maximum atomic E-state index is 13.2. The fourth-order valence-corrected chi connectivity index (χ4v) is 5.08. The average molecular weight is 436 g/mol. The summed E-state index contributed by atoms with van der Waals surface area (Å²) < 4.78 is 7.56. The summed E-state index contributed by atoms with van der Waals surface area (Å²) in [5.41, 5.74) is 6.72. The number of ether oxygens (including phenoxy) is 1. The molecule has 0 radical (unpaired) electrons. The van der Waals surface area contributed by atoms with Crippen molar-refractivity contribution < 1.29 is 9.53 Å². The second kappa shape index (κ2) is 8.72. The molecule has 31 heavy (non-hydrogen) atoms. The first-order valence-electron chi connectivity index (χ1n) is 10.6. The minimum absolute atomic E-state index is 0.0194. The van der Waals surface area contributed by atoms with E-state index >= 15 is 0 Å². The van der Waals surface area contributed by atoms with Gasteiger partial charge in [-0.25, -0.2) is 4.68 Å². The highest BCUT2D eigenvalue weighted by Crippen LogP contribution is 2.38. The highest BCUT2D eigenvalue weighted by atomic mass is 32.2. The lowest BCUT2D eigenvalue weighted by Gasteiger charge is -2.33. The molecule has 3 heterocycles. The van der Waals surface area contributed by atoms with Gasteiger partial charge in [0.1, 0.15) is 5.25 Å². The van der Waals surface area contributed by atoms with Gasteiger partial charge in [-0.15, -0.1) is 10.2 Å². The number of carbonyl (C=O) groups is 1. The molecule has 1 fully saturated rings. The van der Waals surface area contributed by atoms with Gasteiger partial charge in [0.15, 0.2) is 5.82 Å². The third kappa shape index (κ3) is 4.18. The van der Waals surface area contributed by atoms with Crippen LogP contribution in [0.2, 0.25) is 0 Å². The van der Waals surface area contributed by atoms with E-state index in [1.165, 1.54) is 17.3 Å². The molecule has 2 N–H and O–H groups in total. The third-order valence-corrected chi connectivity index (χ3v) is 6.91. The van der Waals surface area contributed by atoms with Crippen LogP contribution in [-0.4, -0.2) is 45.3 Å². The normalized spacial score (nSPS) is 22.5. The molecule has 7 nitrogen and oxygen atoms in total. The van der Waals surface area contributed by atoms with Gasteiger partial charge in [-0.1, -0.05) is 71.9 Å². The Morgan fingerprint density at radius 3 is 2.74 bits per heavy atom. The number of nitrogens with one attached hydrogen (secondary N) is 2. The first kappa shape index (κ1) is 20.1. The van der Waals surface area contributed by atoms with Crippen LogP contribution in [0.4, 0.5) is 0 Å². The first-order chi connectivity index (χ1) is 15.2. The van der Waals surface area contributed by atoms with E-state index < -0.39 is 0 Å². The summed E-state index contributed by atoms with van der Waals surface area (Å²) in [7, 11) is 0. The van der Waals surface area contributed by atoms with Crippen LogP contribution in [0.15, 0.2) is 59.8 Å². The van der Waals surface area contributed by atoms with Crippen LogP contribution in [0.25, 0.3) is 11.4 Å². The predicted molar refractivity (Wildman–Crippen MR) is 120 cm³/mol. The summed E-state index contributed by atoms with van der Waals surface area (Å²) in [5, 5.41) is 12.1. The van der Waals surface area contributed by atoms with Crippen molar-refractivity contribution in [2.45, 2.75) is 42.3 Å².